The molecule has 0 unspecified atom stereocenters. The molecule has 0 aliphatic rings. The van der Waals surface area contributed by atoms with Crippen LogP contribution in [0.2, 0.25) is 0 Å². The van der Waals surface area contributed by atoms with E-state index in [9.17, 15) is 78.8 Å². The maximum absolute atomic E-state index is 13.6. The van der Waals surface area contributed by atoms with Crippen LogP contribution in [0.25, 0.3) is 24.3 Å². The van der Waals surface area contributed by atoms with Gasteiger partial charge in [-0.3, -0.25) is 0 Å². The number of hydrogen-bond donors (Lipinski definition) is 12. The molecule has 12 N–H and O–H groups in total. The highest BCUT2D eigenvalue weighted by Gasteiger charge is 2.35. The Bertz CT molecular complexity index is 2160. The first-order valence-electron chi connectivity index (χ1n) is 19.0. The predicted octanol–water partition coefficient (Wildman–Crippen LogP) is 5.66. The monoisotopic (exact) mass is 872 g/mol. The van der Waals surface area contributed by atoms with Crippen molar-refractivity contribution in [1.82, 2.24) is 0 Å². The molecule has 62 heavy (non-hydrogen) atoms. The molecule has 12 nitrogen and oxygen atoms in total. The first kappa shape index (κ1) is 50.8. The average molecular weight is 873 g/mol. The molecule has 0 radical (unpaired) electrons. The summed E-state index contributed by atoms with van der Waals surface area (Å²) in [5, 5.41) is 121. The Hall–Kier alpha value is -5.56. The van der Waals surface area contributed by atoms with Crippen molar-refractivity contribution >= 4 is 24.3 Å². The van der Waals surface area contributed by atoms with E-state index in [2.05, 4.69) is 0 Å². The Labute approximate surface area is 355 Å². The third-order valence-corrected chi connectivity index (χ3v) is 10.4. The van der Waals surface area contributed by atoms with Gasteiger partial charge in [-0.25, -0.2) is 17.6 Å². The molecular weight excluding hydrogens is 820 g/mol. The standard InChI is InChI=1S/C24H28F2O6.C22H24F2O6/c1-11-13(3)17(25)7-5-15(11)9-19(27)21(29)23(31)24(32)22(30)20(28)10-16-6-8-18(26)14(4)12(16)2;1-11-3-5-13(7-15(11)23)9-17(25)19(27)21(29)22(30)20(28)18(26)10-14-6-4-12(2)16(24)8-14/h5-10,21-24,27-32H,1-4H3;3-10,19-22,25-30H,1-2H3/t21-,22+,23-,24-;19-,20+,21-,22-/m11/s1. The summed E-state index contributed by atoms with van der Waals surface area (Å²) in [4.78, 5) is 0. The van der Waals surface area contributed by atoms with E-state index in [0.29, 0.717) is 44.5 Å². The van der Waals surface area contributed by atoms with Crippen molar-refractivity contribution in [1.29, 1.82) is 0 Å². The quantitative estimate of drug-likeness (QED) is 0.0543. The molecule has 0 bridgehead atoms. The number of halogens is 4. The number of aliphatic hydroxyl groups excluding tert-OH is 12. The minimum atomic E-state index is -2.10. The second kappa shape index (κ2) is 22.0. The van der Waals surface area contributed by atoms with Gasteiger partial charge in [0, 0.05) is 0 Å². The van der Waals surface area contributed by atoms with Crippen LogP contribution >= 0.6 is 0 Å². The van der Waals surface area contributed by atoms with Gasteiger partial charge in [-0.2, -0.15) is 0 Å². The van der Waals surface area contributed by atoms with Gasteiger partial charge < -0.3 is 61.3 Å². The molecular formula is C46H52F4O12. The lowest BCUT2D eigenvalue weighted by atomic mass is 9.96. The summed E-state index contributed by atoms with van der Waals surface area (Å²) < 4.78 is 54.4. The van der Waals surface area contributed by atoms with Crippen LogP contribution in [0.3, 0.4) is 0 Å². The molecule has 0 saturated heterocycles. The fraction of sp³-hybridized carbons (Fsp3) is 0.304. The number of aliphatic hydroxyl groups is 12. The Kier molecular flexibility index (Phi) is 18.0. The van der Waals surface area contributed by atoms with E-state index >= 15 is 0 Å². The van der Waals surface area contributed by atoms with Crippen LogP contribution < -0.4 is 0 Å². The summed E-state index contributed by atoms with van der Waals surface area (Å²) >= 11 is 0. The van der Waals surface area contributed by atoms with Gasteiger partial charge in [0.05, 0.1) is 0 Å². The number of aryl methyl sites for hydroxylation is 2. The highest BCUT2D eigenvalue weighted by Crippen LogP contribution is 2.24. The van der Waals surface area contributed by atoms with E-state index in [0.717, 1.165) is 36.4 Å². The summed E-state index contributed by atoms with van der Waals surface area (Å²) in [5.41, 5.74) is 3.61. The normalized spacial score (nSPS) is 16.7. The molecule has 4 aromatic rings. The largest absolute Gasteiger partial charge is 0.509 e. The molecule has 0 aromatic heterocycles. The summed E-state index contributed by atoms with van der Waals surface area (Å²) in [6.07, 6.45) is -12.3. The van der Waals surface area contributed by atoms with Crippen molar-refractivity contribution in [2.75, 3.05) is 0 Å². The Morgan fingerprint density at radius 2 is 0.645 bits per heavy atom. The molecule has 4 rings (SSSR count). The SMILES string of the molecule is Cc1c(F)ccc(C=C(O)[C@@H](O)[C@@H](O)[C@H](O)[C@@H](O)C(O)=Cc2ccc(F)c(C)c2C)c1C.Cc1ccc(C=C(O)[C@@H](O)[C@@H](O)[C@H](O)[C@@H](O)C(O)=Cc2ccc(C)c(F)c2)cc1F. The maximum Gasteiger partial charge on any atom is 0.139 e. The molecule has 336 valence electrons. The third kappa shape index (κ3) is 12.7. The molecule has 8 atom stereocenters. The molecule has 0 aliphatic heterocycles. The molecule has 0 aliphatic carbocycles. The van der Waals surface area contributed by atoms with E-state index in [1.165, 1.54) is 48.5 Å². The smallest absolute Gasteiger partial charge is 0.139 e. The van der Waals surface area contributed by atoms with Gasteiger partial charge in [-0.15, -0.1) is 0 Å². The Morgan fingerprint density at radius 1 is 0.371 bits per heavy atom. The van der Waals surface area contributed by atoms with E-state index in [-0.39, 0.29) is 11.1 Å². The van der Waals surface area contributed by atoms with Gasteiger partial charge in [-0.05, 0) is 146 Å². The van der Waals surface area contributed by atoms with Crippen molar-refractivity contribution in [3.8, 4) is 0 Å². The van der Waals surface area contributed by atoms with Crippen LogP contribution in [0.5, 0.6) is 0 Å². The minimum absolute atomic E-state index is 0.195. The number of rotatable bonds is 14. The van der Waals surface area contributed by atoms with Gasteiger partial charge in [0.25, 0.3) is 0 Å². The van der Waals surface area contributed by atoms with Crippen LogP contribution in [0.15, 0.2) is 83.7 Å². The zero-order valence-electron chi connectivity index (χ0n) is 34.6. The average Bonchev–Trinajstić information content (AvgIpc) is 3.24. The van der Waals surface area contributed by atoms with Crippen molar-refractivity contribution in [2.45, 2.75) is 90.4 Å². The van der Waals surface area contributed by atoms with Crippen LogP contribution in [0, 0.1) is 64.8 Å². The van der Waals surface area contributed by atoms with E-state index in [1.807, 2.05) is 0 Å². The van der Waals surface area contributed by atoms with Gasteiger partial charge in [-0.1, -0.05) is 36.4 Å². The fourth-order valence-corrected chi connectivity index (χ4v) is 5.78. The number of hydrogen-bond acceptors (Lipinski definition) is 12. The van der Waals surface area contributed by atoms with E-state index in [1.54, 1.807) is 41.5 Å². The van der Waals surface area contributed by atoms with Gasteiger partial charge >= 0.3 is 0 Å². The molecule has 0 amide bonds. The second-order valence-corrected chi connectivity index (χ2v) is 14.8. The Balaban J connectivity index is 0.000000331. The van der Waals surface area contributed by atoms with Gasteiger partial charge in [0.15, 0.2) is 0 Å². The second-order valence-electron chi connectivity index (χ2n) is 14.8. The lowest BCUT2D eigenvalue weighted by Crippen LogP contribution is -2.45. The lowest BCUT2D eigenvalue weighted by molar-refractivity contribution is -0.0996. The fourth-order valence-electron chi connectivity index (χ4n) is 5.78. The summed E-state index contributed by atoms with van der Waals surface area (Å²) in [6.45, 7) is 9.41. The molecule has 4 aromatic carbocycles. The molecule has 0 saturated carbocycles. The van der Waals surface area contributed by atoms with Crippen LogP contribution in [-0.2, 0) is 0 Å². The predicted molar refractivity (Wildman–Crippen MR) is 224 cm³/mol. The molecule has 0 fully saturated rings. The Morgan fingerprint density at radius 3 is 0.919 bits per heavy atom. The first-order valence-corrected chi connectivity index (χ1v) is 19.0. The highest BCUT2D eigenvalue weighted by atomic mass is 19.1. The van der Waals surface area contributed by atoms with Crippen LogP contribution in [0.1, 0.15) is 55.6 Å². The van der Waals surface area contributed by atoms with E-state index in [4.69, 9.17) is 0 Å². The van der Waals surface area contributed by atoms with Crippen LogP contribution in [-0.4, -0.2) is 110 Å². The summed E-state index contributed by atoms with van der Waals surface area (Å²) in [5.74, 6) is -4.99. The maximum atomic E-state index is 13.6. The highest BCUT2D eigenvalue weighted by molar-refractivity contribution is 5.59. The summed E-state index contributed by atoms with van der Waals surface area (Å²) in [7, 11) is 0. The van der Waals surface area contributed by atoms with Crippen molar-refractivity contribution < 1.29 is 78.8 Å². The lowest BCUT2D eigenvalue weighted by Gasteiger charge is -2.26. The van der Waals surface area contributed by atoms with Crippen molar-refractivity contribution in [3.63, 3.8) is 0 Å². The third-order valence-electron chi connectivity index (χ3n) is 10.4. The van der Waals surface area contributed by atoms with Crippen molar-refractivity contribution in [3.05, 3.63) is 163 Å². The first-order chi connectivity index (χ1) is 28.9. The molecule has 0 spiro atoms. The number of benzene rings is 4. The van der Waals surface area contributed by atoms with Gasteiger partial charge in [0.1, 0.15) is 95.1 Å². The van der Waals surface area contributed by atoms with Crippen LogP contribution in [0.4, 0.5) is 17.6 Å². The minimum Gasteiger partial charge on any atom is -0.509 e. The van der Waals surface area contributed by atoms with E-state index < -0.39 is 95.1 Å². The topological polar surface area (TPSA) is 243 Å². The van der Waals surface area contributed by atoms with Crippen molar-refractivity contribution in [2.24, 2.45) is 0 Å². The molecule has 16 heteroatoms. The zero-order valence-corrected chi connectivity index (χ0v) is 34.6. The zero-order chi connectivity index (χ0) is 46.9. The molecule has 0 heterocycles. The van der Waals surface area contributed by atoms with Gasteiger partial charge in [0.2, 0.25) is 0 Å². The summed E-state index contributed by atoms with van der Waals surface area (Å²) in [6, 6.07) is 13.2.